The molecule has 3 nitrogen and oxygen atoms in total. The second kappa shape index (κ2) is 4.81. The molecule has 0 atom stereocenters. The third-order valence-corrected chi connectivity index (χ3v) is 3.32. The molecule has 0 saturated heterocycles. The molecule has 1 aromatic heterocycles. The monoisotopic (exact) mass is 267 g/mol. The number of nitrogen functional groups attached to an aromatic ring is 1. The minimum atomic E-state index is -0.264. The van der Waals surface area contributed by atoms with Crippen molar-refractivity contribution in [2.45, 2.75) is 6.92 Å². The Morgan fingerprint density at radius 3 is 2.75 bits per heavy atom. The smallest absolute Gasteiger partial charge is 0.125 e. The Morgan fingerprint density at radius 2 is 1.90 bits per heavy atom. The molecule has 100 valence electrons. The second-order valence-electron chi connectivity index (χ2n) is 4.71. The zero-order valence-electron chi connectivity index (χ0n) is 11.0. The first-order valence-corrected chi connectivity index (χ1v) is 6.30. The maximum absolute atomic E-state index is 13.4. The second-order valence-corrected chi connectivity index (χ2v) is 4.71. The van der Waals surface area contributed by atoms with Crippen molar-refractivity contribution in [2.75, 3.05) is 11.1 Å². The first kappa shape index (κ1) is 12.4. The lowest BCUT2D eigenvalue weighted by Gasteiger charge is -2.13. The van der Waals surface area contributed by atoms with Crippen LogP contribution < -0.4 is 11.1 Å². The first-order chi connectivity index (χ1) is 9.65. The molecule has 0 spiro atoms. The summed E-state index contributed by atoms with van der Waals surface area (Å²) in [6.07, 6.45) is 3.44. The van der Waals surface area contributed by atoms with Gasteiger partial charge in [0.05, 0.1) is 0 Å². The number of hydrogen-bond donors (Lipinski definition) is 2. The van der Waals surface area contributed by atoms with Gasteiger partial charge in [0.2, 0.25) is 0 Å². The summed E-state index contributed by atoms with van der Waals surface area (Å²) in [6.45, 7) is 1.93. The van der Waals surface area contributed by atoms with Crippen molar-refractivity contribution in [1.82, 2.24) is 4.98 Å². The molecule has 0 aliphatic carbocycles. The van der Waals surface area contributed by atoms with Gasteiger partial charge in [-0.1, -0.05) is 6.07 Å². The van der Waals surface area contributed by atoms with Crippen molar-refractivity contribution in [2.24, 2.45) is 0 Å². The van der Waals surface area contributed by atoms with Crippen molar-refractivity contribution < 1.29 is 4.39 Å². The lowest BCUT2D eigenvalue weighted by atomic mass is 10.1. The van der Waals surface area contributed by atoms with Crippen LogP contribution in [0.25, 0.3) is 10.8 Å². The van der Waals surface area contributed by atoms with Crippen LogP contribution in [0.1, 0.15) is 5.56 Å². The Morgan fingerprint density at radius 1 is 1.05 bits per heavy atom. The Hall–Kier alpha value is -2.62. The summed E-state index contributed by atoms with van der Waals surface area (Å²) < 4.78 is 13.4. The SMILES string of the molecule is Cc1ccc(F)cc1Nc1ccc(N)c2cnccc12. The number of fused-ring (bicyclic) bond motifs is 1. The van der Waals surface area contributed by atoms with E-state index in [4.69, 9.17) is 5.73 Å². The molecule has 3 N–H and O–H groups in total. The van der Waals surface area contributed by atoms with Crippen molar-refractivity contribution in [1.29, 1.82) is 0 Å². The van der Waals surface area contributed by atoms with Crippen molar-refractivity contribution in [3.63, 3.8) is 0 Å². The van der Waals surface area contributed by atoms with E-state index < -0.39 is 0 Å². The third kappa shape index (κ3) is 2.16. The van der Waals surface area contributed by atoms with E-state index in [1.807, 2.05) is 25.1 Å². The van der Waals surface area contributed by atoms with Crippen LogP contribution in [0.3, 0.4) is 0 Å². The number of benzene rings is 2. The number of halogens is 1. The molecule has 3 rings (SSSR count). The normalized spacial score (nSPS) is 10.7. The minimum Gasteiger partial charge on any atom is -0.398 e. The van der Waals surface area contributed by atoms with E-state index in [0.717, 1.165) is 27.7 Å². The predicted molar refractivity (Wildman–Crippen MR) is 80.6 cm³/mol. The zero-order chi connectivity index (χ0) is 14.1. The van der Waals surface area contributed by atoms with Crippen LogP contribution in [-0.2, 0) is 0 Å². The van der Waals surface area contributed by atoms with Crippen molar-refractivity contribution in [3.05, 3.63) is 60.2 Å². The Balaban J connectivity index is 2.11. The summed E-state index contributed by atoms with van der Waals surface area (Å²) in [4.78, 5) is 4.09. The number of aromatic nitrogens is 1. The van der Waals surface area contributed by atoms with E-state index in [-0.39, 0.29) is 5.82 Å². The highest BCUT2D eigenvalue weighted by Crippen LogP contribution is 2.30. The molecule has 20 heavy (non-hydrogen) atoms. The minimum absolute atomic E-state index is 0.264. The fourth-order valence-electron chi connectivity index (χ4n) is 2.20. The number of hydrogen-bond acceptors (Lipinski definition) is 3. The summed E-state index contributed by atoms with van der Waals surface area (Å²) in [5.41, 5.74) is 9.22. The average Bonchev–Trinajstić information content (AvgIpc) is 2.46. The fourth-order valence-corrected chi connectivity index (χ4v) is 2.20. The molecule has 3 aromatic rings. The van der Waals surface area contributed by atoms with Crippen LogP contribution in [0.4, 0.5) is 21.5 Å². The molecule has 1 heterocycles. The molecule has 0 unspecified atom stereocenters. The standard InChI is InChI=1S/C16H14FN3/c1-10-2-3-11(17)8-16(10)20-15-5-4-14(18)13-9-19-7-6-12(13)15/h2-9,20H,18H2,1H3. The summed E-state index contributed by atoms with van der Waals surface area (Å²) in [5.74, 6) is -0.264. The van der Waals surface area contributed by atoms with Gasteiger partial charge in [-0.2, -0.15) is 0 Å². The molecule has 2 aromatic carbocycles. The number of rotatable bonds is 2. The van der Waals surface area contributed by atoms with E-state index in [2.05, 4.69) is 10.3 Å². The van der Waals surface area contributed by atoms with E-state index in [9.17, 15) is 4.39 Å². The summed E-state index contributed by atoms with van der Waals surface area (Å²) in [7, 11) is 0. The van der Waals surface area contributed by atoms with Crippen LogP contribution in [-0.4, -0.2) is 4.98 Å². The van der Waals surface area contributed by atoms with Crippen LogP contribution in [0.15, 0.2) is 48.8 Å². The number of aryl methyl sites for hydroxylation is 1. The van der Waals surface area contributed by atoms with E-state index >= 15 is 0 Å². The largest absolute Gasteiger partial charge is 0.398 e. The van der Waals surface area contributed by atoms with Gasteiger partial charge in [-0.25, -0.2) is 4.39 Å². The van der Waals surface area contributed by atoms with Gasteiger partial charge in [-0.3, -0.25) is 4.98 Å². The summed E-state index contributed by atoms with van der Waals surface area (Å²) >= 11 is 0. The Bertz CT molecular complexity index is 784. The molecule has 0 amide bonds. The quantitative estimate of drug-likeness (QED) is 0.690. The molecule has 0 bridgehead atoms. The lowest BCUT2D eigenvalue weighted by Crippen LogP contribution is -1.97. The highest BCUT2D eigenvalue weighted by molar-refractivity contribution is 6.01. The van der Waals surface area contributed by atoms with Gasteiger partial charge < -0.3 is 11.1 Å². The van der Waals surface area contributed by atoms with Gasteiger partial charge >= 0.3 is 0 Å². The topological polar surface area (TPSA) is 50.9 Å². The van der Waals surface area contributed by atoms with Crippen LogP contribution in [0.5, 0.6) is 0 Å². The fraction of sp³-hybridized carbons (Fsp3) is 0.0625. The summed E-state index contributed by atoms with van der Waals surface area (Å²) in [6, 6.07) is 10.3. The first-order valence-electron chi connectivity index (χ1n) is 6.30. The average molecular weight is 267 g/mol. The van der Waals surface area contributed by atoms with Crippen molar-refractivity contribution >= 4 is 27.8 Å². The molecular weight excluding hydrogens is 253 g/mol. The maximum atomic E-state index is 13.4. The van der Waals surface area contributed by atoms with Crippen LogP contribution in [0, 0.1) is 12.7 Å². The number of nitrogens with one attached hydrogen (secondary N) is 1. The van der Waals surface area contributed by atoms with Gasteiger partial charge in [0.1, 0.15) is 5.82 Å². The van der Waals surface area contributed by atoms with Gasteiger partial charge in [0, 0.05) is 40.2 Å². The van der Waals surface area contributed by atoms with Gasteiger partial charge in [0.25, 0.3) is 0 Å². The molecule has 0 radical (unpaired) electrons. The van der Waals surface area contributed by atoms with Gasteiger partial charge in [-0.05, 0) is 42.8 Å². The summed E-state index contributed by atoms with van der Waals surface area (Å²) in [5, 5.41) is 5.10. The van der Waals surface area contributed by atoms with Gasteiger partial charge in [0.15, 0.2) is 0 Å². The third-order valence-electron chi connectivity index (χ3n) is 3.32. The van der Waals surface area contributed by atoms with E-state index in [0.29, 0.717) is 5.69 Å². The highest BCUT2D eigenvalue weighted by atomic mass is 19.1. The van der Waals surface area contributed by atoms with Crippen molar-refractivity contribution in [3.8, 4) is 0 Å². The highest BCUT2D eigenvalue weighted by Gasteiger charge is 2.06. The number of anilines is 3. The predicted octanol–water partition coefficient (Wildman–Crippen LogP) is 4.01. The molecule has 0 aliphatic rings. The lowest BCUT2D eigenvalue weighted by molar-refractivity contribution is 0.628. The van der Waals surface area contributed by atoms with Gasteiger partial charge in [-0.15, -0.1) is 0 Å². The van der Waals surface area contributed by atoms with E-state index in [1.54, 1.807) is 18.5 Å². The molecular formula is C16H14FN3. The van der Waals surface area contributed by atoms with E-state index in [1.165, 1.54) is 12.1 Å². The number of pyridine rings is 1. The Kier molecular flexibility index (Phi) is 2.99. The number of nitrogens with zero attached hydrogens (tertiary/aromatic N) is 1. The Labute approximate surface area is 116 Å². The molecule has 4 heteroatoms. The zero-order valence-corrected chi connectivity index (χ0v) is 11.0. The molecule has 0 aliphatic heterocycles. The molecule has 0 fully saturated rings. The van der Waals surface area contributed by atoms with Crippen LogP contribution in [0.2, 0.25) is 0 Å². The molecule has 0 saturated carbocycles. The number of nitrogens with two attached hydrogens (primary N) is 1. The maximum Gasteiger partial charge on any atom is 0.125 e. The van der Waals surface area contributed by atoms with Crippen LogP contribution >= 0.6 is 0 Å².